The smallest absolute Gasteiger partial charge is 0.261 e. The number of piperazine rings is 1. The van der Waals surface area contributed by atoms with E-state index in [9.17, 15) is 14.4 Å². The number of thiophene rings is 1. The van der Waals surface area contributed by atoms with Crippen molar-refractivity contribution in [2.75, 3.05) is 32.7 Å². The lowest BCUT2D eigenvalue weighted by atomic mass is 10.1. The minimum absolute atomic E-state index is 0.0973. The highest BCUT2D eigenvalue weighted by molar-refractivity contribution is 9.10. The number of benzene rings is 1. The Balaban J connectivity index is 1.23. The fourth-order valence-electron chi connectivity index (χ4n) is 3.79. The number of nitrogens with zero attached hydrogens (tertiary/aromatic N) is 3. The number of hydrogen-bond acceptors (Lipinski definition) is 5. The van der Waals surface area contributed by atoms with E-state index in [1.165, 1.54) is 9.78 Å². The highest BCUT2D eigenvalue weighted by atomic mass is 79.9. The van der Waals surface area contributed by atoms with Crippen LogP contribution in [0.5, 0.6) is 0 Å². The predicted octanol–water partition coefficient (Wildman–Crippen LogP) is 3.23. The first-order valence-electron chi connectivity index (χ1n) is 9.71. The van der Waals surface area contributed by atoms with Crippen LogP contribution in [0.15, 0.2) is 40.2 Å². The highest BCUT2D eigenvalue weighted by Crippen LogP contribution is 2.26. The summed E-state index contributed by atoms with van der Waals surface area (Å²) >= 11 is 5.09. The van der Waals surface area contributed by atoms with Crippen LogP contribution in [0, 0.1) is 0 Å². The normalized spacial score (nSPS) is 17.1. The maximum absolute atomic E-state index is 12.5. The Bertz CT molecular complexity index is 923. The molecule has 2 aliphatic heterocycles. The van der Waals surface area contributed by atoms with Gasteiger partial charge in [-0.1, -0.05) is 22.0 Å². The first-order chi connectivity index (χ1) is 14.0. The molecule has 0 N–H and O–H groups in total. The Morgan fingerprint density at radius 1 is 1.03 bits per heavy atom. The van der Waals surface area contributed by atoms with Crippen LogP contribution >= 0.6 is 27.3 Å². The lowest BCUT2D eigenvalue weighted by Gasteiger charge is -2.34. The van der Waals surface area contributed by atoms with Gasteiger partial charge < -0.3 is 4.90 Å². The van der Waals surface area contributed by atoms with E-state index in [-0.39, 0.29) is 24.3 Å². The summed E-state index contributed by atoms with van der Waals surface area (Å²) in [6, 6.07) is 9.30. The van der Waals surface area contributed by atoms with Crippen molar-refractivity contribution in [3.8, 4) is 0 Å². The molecule has 0 unspecified atom stereocenters. The molecule has 0 bridgehead atoms. The second-order valence-electron chi connectivity index (χ2n) is 7.29. The van der Waals surface area contributed by atoms with Crippen LogP contribution in [0.1, 0.15) is 38.4 Å². The molecule has 3 heterocycles. The average Bonchev–Trinajstić information content (AvgIpc) is 3.31. The molecule has 0 spiro atoms. The summed E-state index contributed by atoms with van der Waals surface area (Å²) in [5, 5.41) is 2.09. The van der Waals surface area contributed by atoms with Crippen LogP contribution < -0.4 is 0 Å². The van der Waals surface area contributed by atoms with Crippen molar-refractivity contribution >= 4 is 45.0 Å². The van der Waals surface area contributed by atoms with Gasteiger partial charge in [-0.15, -0.1) is 11.3 Å². The van der Waals surface area contributed by atoms with Gasteiger partial charge in [0, 0.05) is 55.0 Å². The summed E-state index contributed by atoms with van der Waals surface area (Å²) < 4.78 is 0.771. The van der Waals surface area contributed by atoms with Crippen LogP contribution in [0.25, 0.3) is 0 Å². The number of amides is 3. The Kier molecular flexibility index (Phi) is 6.12. The number of rotatable bonds is 6. The van der Waals surface area contributed by atoms with E-state index < -0.39 is 0 Å². The summed E-state index contributed by atoms with van der Waals surface area (Å²) in [5.41, 5.74) is 0.865. The lowest BCUT2D eigenvalue weighted by molar-refractivity contribution is -0.133. The molecule has 2 aromatic rings. The summed E-state index contributed by atoms with van der Waals surface area (Å²) in [6.07, 6.45) is 0.836. The molecule has 6 nitrogen and oxygen atoms in total. The topological polar surface area (TPSA) is 60.9 Å². The molecule has 2 aliphatic rings. The molecule has 152 valence electrons. The molecule has 1 saturated heterocycles. The molecule has 29 heavy (non-hydrogen) atoms. The van der Waals surface area contributed by atoms with E-state index in [2.05, 4.69) is 38.3 Å². The zero-order valence-electron chi connectivity index (χ0n) is 16.0. The number of halogens is 1. The molecule has 8 heteroatoms. The van der Waals surface area contributed by atoms with Crippen molar-refractivity contribution in [3.05, 3.63) is 56.2 Å². The van der Waals surface area contributed by atoms with Crippen molar-refractivity contribution in [2.45, 2.75) is 19.4 Å². The molecule has 0 saturated carbocycles. The molecular weight excluding hydrogens is 454 g/mol. The summed E-state index contributed by atoms with van der Waals surface area (Å²) in [6.45, 7) is 4.41. The number of imide groups is 1. The van der Waals surface area contributed by atoms with E-state index in [0.717, 1.165) is 37.2 Å². The van der Waals surface area contributed by atoms with E-state index in [1.807, 2.05) is 4.90 Å². The van der Waals surface area contributed by atoms with Gasteiger partial charge in [-0.2, -0.15) is 0 Å². The zero-order chi connectivity index (χ0) is 20.4. The van der Waals surface area contributed by atoms with Crippen molar-refractivity contribution in [1.82, 2.24) is 14.7 Å². The van der Waals surface area contributed by atoms with Crippen molar-refractivity contribution < 1.29 is 14.4 Å². The van der Waals surface area contributed by atoms with Gasteiger partial charge in [0.1, 0.15) is 0 Å². The Morgan fingerprint density at radius 2 is 1.79 bits per heavy atom. The number of hydrogen-bond donors (Lipinski definition) is 0. The fraction of sp³-hybridized carbons (Fsp3) is 0.381. The van der Waals surface area contributed by atoms with E-state index >= 15 is 0 Å². The number of carbonyl (C=O) groups is 3. The molecule has 1 aromatic heterocycles. The van der Waals surface area contributed by atoms with Gasteiger partial charge in [-0.3, -0.25) is 24.2 Å². The number of carbonyl (C=O) groups excluding carboxylic acids is 3. The Morgan fingerprint density at radius 3 is 2.52 bits per heavy atom. The molecular formula is C21H22BrN3O3S. The van der Waals surface area contributed by atoms with Gasteiger partial charge in [0.05, 0.1) is 11.1 Å². The molecule has 0 aliphatic carbocycles. The molecule has 4 rings (SSSR count). The third-order valence-electron chi connectivity index (χ3n) is 5.39. The molecule has 1 fully saturated rings. The van der Waals surface area contributed by atoms with Crippen molar-refractivity contribution in [2.24, 2.45) is 0 Å². The van der Waals surface area contributed by atoms with Crippen LogP contribution in [-0.4, -0.2) is 65.1 Å². The molecule has 1 aromatic carbocycles. The Labute approximate surface area is 182 Å². The minimum Gasteiger partial charge on any atom is -0.340 e. The van der Waals surface area contributed by atoms with Gasteiger partial charge in [0.2, 0.25) is 5.91 Å². The lowest BCUT2D eigenvalue weighted by Crippen LogP contribution is -2.48. The van der Waals surface area contributed by atoms with Crippen LogP contribution in [0.4, 0.5) is 0 Å². The van der Waals surface area contributed by atoms with Gasteiger partial charge in [-0.25, -0.2) is 0 Å². The second kappa shape index (κ2) is 8.77. The van der Waals surface area contributed by atoms with Crippen molar-refractivity contribution in [1.29, 1.82) is 0 Å². The molecule has 3 amide bonds. The van der Waals surface area contributed by atoms with Gasteiger partial charge in [-0.05, 0) is 36.1 Å². The van der Waals surface area contributed by atoms with Crippen LogP contribution in [-0.2, 0) is 11.3 Å². The highest BCUT2D eigenvalue weighted by Gasteiger charge is 2.35. The van der Waals surface area contributed by atoms with E-state index in [1.54, 1.807) is 29.5 Å². The van der Waals surface area contributed by atoms with Crippen molar-refractivity contribution in [3.63, 3.8) is 0 Å². The van der Waals surface area contributed by atoms with Crippen LogP contribution in [0.3, 0.4) is 0 Å². The fourth-order valence-corrected chi connectivity index (χ4v) is 4.90. The minimum atomic E-state index is -0.277. The third-order valence-corrected chi connectivity index (χ3v) is 6.74. The molecule has 0 atom stereocenters. The molecule has 0 radical (unpaired) electrons. The third kappa shape index (κ3) is 4.44. The van der Waals surface area contributed by atoms with Crippen LogP contribution in [0.2, 0.25) is 0 Å². The van der Waals surface area contributed by atoms with Gasteiger partial charge in [0.25, 0.3) is 11.8 Å². The Hall–Kier alpha value is -2.03. The largest absolute Gasteiger partial charge is 0.340 e. The second-order valence-corrected chi connectivity index (χ2v) is 9.24. The standard InChI is InChI=1S/C21H22BrN3O3S/c22-15-5-6-17-18(13-15)21(28)25(20(17)27)7-1-4-19(26)24-10-8-23(9-11-24)14-16-3-2-12-29-16/h2-3,5-6,12-13H,1,4,7-11,14H2. The van der Waals surface area contributed by atoms with E-state index in [0.29, 0.717) is 24.0 Å². The van der Waals surface area contributed by atoms with Gasteiger partial charge in [0.15, 0.2) is 0 Å². The average molecular weight is 476 g/mol. The van der Waals surface area contributed by atoms with Gasteiger partial charge >= 0.3 is 0 Å². The summed E-state index contributed by atoms with van der Waals surface area (Å²) in [4.78, 5) is 44.3. The summed E-state index contributed by atoms with van der Waals surface area (Å²) in [7, 11) is 0. The first kappa shape index (κ1) is 20.3. The number of fused-ring (bicyclic) bond motifs is 1. The monoisotopic (exact) mass is 475 g/mol. The zero-order valence-corrected chi connectivity index (χ0v) is 18.4. The first-order valence-corrected chi connectivity index (χ1v) is 11.4. The predicted molar refractivity (Wildman–Crippen MR) is 115 cm³/mol. The maximum Gasteiger partial charge on any atom is 0.261 e. The quantitative estimate of drug-likeness (QED) is 0.601. The SMILES string of the molecule is O=C(CCCN1C(=O)c2ccc(Br)cc2C1=O)N1CCN(Cc2cccs2)CC1. The summed E-state index contributed by atoms with van der Waals surface area (Å²) in [5.74, 6) is -0.451. The van der Waals surface area contributed by atoms with E-state index in [4.69, 9.17) is 0 Å². The maximum atomic E-state index is 12.5.